The number of amides is 1. The number of nitrogens with two attached hydrogens (primary N) is 2. The number of anilines is 2. The number of primary amides is 1. The highest BCUT2D eigenvalue weighted by atomic mass is 32.1. The molecule has 0 aromatic carbocycles. The number of ether oxygens (including phenoxy) is 1. The van der Waals surface area contributed by atoms with Gasteiger partial charge in [-0.2, -0.15) is 5.26 Å². The standard InChI is InChI=1S/C11H14N4O2S/c12-4-7-8(13)9(10(14)16)18-11(7)15-5-6-2-1-3-17-6/h6,15H,1-3,5,13H2,(H2,14,16). The quantitative estimate of drug-likeness (QED) is 0.748. The van der Waals surface area contributed by atoms with E-state index >= 15 is 0 Å². The van der Waals surface area contributed by atoms with Gasteiger partial charge in [-0.1, -0.05) is 0 Å². The van der Waals surface area contributed by atoms with Gasteiger partial charge in [0.25, 0.3) is 5.91 Å². The number of hydrogen-bond acceptors (Lipinski definition) is 6. The number of nitrogen functional groups attached to an aromatic ring is 1. The van der Waals surface area contributed by atoms with E-state index < -0.39 is 5.91 Å². The minimum absolute atomic E-state index is 0.150. The fraction of sp³-hybridized carbons (Fsp3) is 0.455. The monoisotopic (exact) mass is 266 g/mol. The third-order valence-electron chi connectivity index (χ3n) is 2.80. The first kappa shape index (κ1) is 12.7. The number of rotatable bonds is 4. The van der Waals surface area contributed by atoms with E-state index in [2.05, 4.69) is 5.32 Å². The second kappa shape index (κ2) is 5.25. The zero-order valence-electron chi connectivity index (χ0n) is 9.73. The number of hydrogen-bond donors (Lipinski definition) is 3. The predicted octanol–water partition coefficient (Wildman–Crippen LogP) is 0.892. The summed E-state index contributed by atoms with van der Waals surface area (Å²) in [5.41, 5.74) is 11.4. The van der Waals surface area contributed by atoms with Crippen molar-refractivity contribution in [2.75, 3.05) is 24.2 Å². The van der Waals surface area contributed by atoms with Gasteiger partial charge in [0.05, 0.1) is 11.8 Å². The van der Waals surface area contributed by atoms with Crippen LogP contribution in [0, 0.1) is 11.3 Å². The number of nitrogens with one attached hydrogen (secondary N) is 1. The molecule has 7 heteroatoms. The first-order chi connectivity index (χ1) is 8.63. The van der Waals surface area contributed by atoms with Gasteiger partial charge in [-0.05, 0) is 12.8 Å². The lowest BCUT2D eigenvalue weighted by molar-refractivity contribution is 0.100. The van der Waals surface area contributed by atoms with Crippen molar-refractivity contribution in [3.63, 3.8) is 0 Å². The van der Waals surface area contributed by atoms with Crippen LogP contribution >= 0.6 is 11.3 Å². The molecular formula is C11H14N4O2S. The highest BCUT2D eigenvalue weighted by molar-refractivity contribution is 7.18. The molecule has 1 saturated heterocycles. The van der Waals surface area contributed by atoms with Crippen LogP contribution in [-0.4, -0.2) is 25.2 Å². The molecule has 1 fully saturated rings. The molecule has 0 aliphatic carbocycles. The van der Waals surface area contributed by atoms with E-state index in [1.165, 1.54) is 0 Å². The van der Waals surface area contributed by atoms with E-state index in [1.807, 2.05) is 6.07 Å². The summed E-state index contributed by atoms with van der Waals surface area (Å²) in [4.78, 5) is 11.4. The van der Waals surface area contributed by atoms with E-state index in [9.17, 15) is 4.79 Å². The molecule has 0 bridgehead atoms. The molecule has 2 rings (SSSR count). The number of nitrogens with zero attached hydrogens (tertiary/aromatic N) is 1. The Morgan fingerprint density at radius 1 is 1.67 bits per heavy atom. The molecule has 1 aliphatic rings. The van der Waals surface area contributed by atoms with E-state index in [-0.39, 0.29) is 22.2 Å². The van der Waals surface area contributed by atoms with Crippen LogP contribution in [-0.2, 0) is 4.74 Å². The zero-order valence-corrected chi connectivity index (χ0v) is 10.5. The van der Waals surface area contributed by atoms with Crippen molar-refractivity contribution >= 4 is 27.9 Å². The molecule has 1 aromatic rings. The minimum atomic E-state index is -0.612. The fourth-order valence-corrected chi connectivity index (χ4v) is 2.80. The van der Waals surface area contributed by atoms with E-state index in [0.717, 1.165) is 30.8 Å². The van der Waals surface area contributed by atoms with Crippen molar-refractivity contribution in [3.05, 3.63) is 10.4 Å². The topological polar surface area (TPSA) is 114 Å². The average molecular weight is 266 g/mol. The first-order valence-electron chi connectivity index (χ1n) is 5.61. The Balaban J connectivity index is 2.14. The Labute approximate surface area is 109 Å². The molecular weight excluding hydrogens is 252 g/mol. The van der Waals surface area contributed by atoms with Crippen molar-refractivity contribution in [2.45, 2.75) is 18.9 Å². The molecule has 1 atom stereocenters. The summed E-state index contributed by atoms with van der Waals surface area (Å²) in [6.45, 7) is 1.38. The van der Waals surface area contributed by atoms with Crippen molar-refractivity contribution in [3.8, 4) is 6.07 Å². The van der Waals surface area contributed by atoms with Crippen LogP contribution in [0.1, 0.15) is 28.1 Å². The van der Waals surface area contributed by atoms with Crippen LogP contribution in [0.3, 0.4) is 0 Å². The molecule has 1 aliphatic heterocycles. The van der Waals surface area contributed by atoms with Gasteiger partial charge in [-0.3, -0.25) is 4.79 Å². The zero-order chi connectivity index (χ0) is 13.1. The summed E-state index contributed by atoms with van der Waals surface area (Å²) in [5, 5.41) is 12.7. The molecule has 2 heterocycles. The van der Waals surface area contributed by atoms with Gasteiger partial charge in [-0.25, -0.2) is 0 Å². The Kier molecular flexibility index (Phi) is 3.69. The maximum atomic E-state index is 11.2. The normalized spacial score (nSPS) is 18.5. The lowest BCUT2D eigenvalue weighted by Crippen LogP contribution is -2.18. The van der Waals surface area contributed by atoms with Gasteiger partial charge in [-0.15, -0.1) is 11.3 Å². The van der Waals surface area contributed by atoms with Gasteiger partial charge in [0.1, 0.15) is 21.5 Å². The largest absolute Gasteiger partial charge is 0.396 e. The summed E-state index contributed by atoms with van der Waals surface area (Å²) in [5.74, 6) is -0.612. The lowest BCUT2D eigenvalue weighted by Gasteiger charge is -2.10. The van der Waals surface area contributed by atoms with E-state index in [1.54, 1.807) is 0 Å². The molecule has 1 amide bonds. The maximum absolute atomic E-state index is 11.2. The highest BCUT2D eigenvalue weighted by Gasteiger charge is 2.21. The number of carbonyl (C=O) groups is 1. The molecule has 96 valence electrons. The van der Waals surface area contributed by atoms with E-state index in [0.29, 0.717) is 11.5 Å². The van der Waals surface area contributed by atoms with Crippen LogP contribution < -0.4 is 16.8 Å². The van der Waals surface area contributed by atoms with Crippen LogP contribution in [0.25, 0.3) is 0 Å². The van der Waals surface area contributed by atoms with Gasteiger partial charge >= 0.3 is 0 Å². The summed E-state index contributed by atoms with van der Waals surface area (Å²) < 4.78 is 5.47. The fourth-order valence-electron chi connectivity index (χ4n) is 1.87. The number of thiophene rings is 1. The molecule has 5 N–H and O–H groups in total. The van der Waals surface area contributed by atoms with Gasteiger partial charge < -0.3 is 21.5 Å². The smallest absolute Gasteiger partial charge is 0.261 e. The molecule has 1 aromatic heterocycles. The van der Waals surface area contributed by atoms with Gasteiger partial charge in [0.15, 0.2) is 0 Å². The number of nitriles is 1. The van der Waals surface area contributed by atoms with E-state index in [4.69, 9.17) is 21.5 Å². The molecule has 18 heavy (non-hydrogen) atoms. The van der Waals surface area contributed by atoms with Crippen LogP contribution in [0.5, 0.6) is 0 Å². The lowest BCUT2D eigenvalue weighted by atomic mass is 10.2. The molecule has 1 unspecified atom stereocenters. The minimum Gasteiger partial charge on any atom is -0.396 e. The second-order valence-electron chi connectivity index (χ2n) is 4.04. The van der Waals surface area contributed by atoms with Gasteiger partial charge in [0, 0.05) is 13.2 Å². The first-order valence-corrected chi connectivity index (χ1v) is 6.42. The van der Waals surface area contributed by atoms with Crippen LogP contribution in [0.15, 0.2) is 0 Å². The SMILES string of the molecule is N#Cc1c(NCC2CCCO2)sc(C(N)=O)c1N. The van der Waals surface area contributed by atoms with Gasteiger partial charge in [0.2, 0.25) is 0 Å². The molecule has 0 radical (unpaired) electrons. The molecule has 0 saturated carbocycles. The summed E-state index contributed by atoms with van der Waals surface area (Å²) in [7, 11) is 0. The third kappa shape index (κ3) is 2.39. The summed E-state index contributed by atoms with van der Waals surface area (Å²) >= 11 is 1.11. The summed E-state index contributed by atoms with van der Waals surface area (Å²) in [6, 6.07) is 1.99. The molecule has 6 nitrogen and oxygen atoms in total. The Bertz CT molecular complexity index is 500. The Morgan fingerprint density at radius 3 is 3.00 bits per heavy atom. The van der Waals surface area contributed by atoms with Crippen molar-refractivity contribution in [1.82, 2.24) is 0 Å². The van der Waals surface area contributed by atoms with Crippen LogP contribution in [0.4, 0.5) is 10.7 Å². The Hall–Kier alpha value is -1.78. The second-order valence-corrected chi connectivity index (χ2v) is 5.06. The third-order valence-corrected chi connectivity index (χ3v) is 3.97. The van der Waals surface area contributed by atoms with Crippen molar-refractivity contribution < 1.29 is 9.53 Å². The Morgan fingerprint density at radius 2 is 2.44 bits per heavy atom. The molecule has 0 spiro atoms. The number of carbonyl (C=O) groups excluding carboxylic acids is 1. The average Bonchev–Trinajstić information content (AvgIpc) is 2.93. The predicted molar refractivity (Wildman–Crippen MR) is 69.4 cm³/mol. The summed E-state index contributed by atoms with van der Waals surface area (Å²) in [6.07, 6.45) is 2.20. The van der Waals surface area contributed by atoms with Crippen molar-refractivity contribution in [2.24, 2.45) is 5.73 Å². The maximum Gasteiger partial charge on any atom is 0.261 e. The highest BCUT2D eigenvalue weighted by Crippen LogP contribution is 2.34. The van der Waals surface area contributed by atoms with Crippen molar-refractivity contribution in [1.29, 1.82) is 5.26 Å². The van der Waals surface area contributed by atoms with Crippen LogP contribution in [0.2, 0.25) is 0 Å².